The highest BCUT2D eigenvalue weighted by Crippen LogP contribution is 2.19. The summed E-state index contributed by atoms with van der Waals surface area (Å²) in [6.45, 7) is 5.75. The lowest BCUT2D eigenvalue weighted by molar-refractivity contribution is 0.232. The number of aromatic nitrogens is 3. The van der Waals surface area contributed by atoms with E-state index in [-0.39, 0.29) is 6.10 Å². The van der Waals surface area contributed by atoms with Gasteiger partial charge in [-0.1, -0.05) is 0 Å². The third kappa shape index (κ3) is 2.74. The second-order valence-electron chi connectivity index (χ2n) is 4.28. The largest absolute Gasteiger partial charge is 0.475 e. The second kappa shape index (κ2) is 5.00. The first-order valence-electron chi connectivity index (χ1n) is 5.78. The molecule has 0 radical (unpaired) electrons. The number of nitrogens with zero attached hydrogens (tertiary/aromatic N) is 3. The first kappa shape index (κ1) is 12.3. The topological polar surface area (TPSA) is 73.9 Å². The molecule has 94 valence electrons. The fraction of sp³-hybridized carbons (Fsp3) is 0.308. The van der Waals surface area contributed by atoms with Crippen molar-refractivity contribution >= 4 is 5.82 Å². The van der Waals surface area contributed by atoms with Crippen molar-refractivity contribution in [1.29, 1.82) is 0 Å². The molecular formula is C13H16N4O. The van der Waals surface area contributed by atoms with Crippen LogP contribution in [0.3, 0.4) is 0 Å². The van der Waals surface area contributed by atoms with Crippen molar-refractivity contribution in [3.8, 4) is 17.1 Å². The van der Waals surface area contributed by atoms with Gasteiger partial charge in [-0.3, -0.25) is 0 Å². The summed E-state index contributed by atoms with van der Waals surface area (Å²) in [6, 6.07) is 3.73. The number of nitrogen functional groups attached to an aromatic ring is 1. The third-order valence-electron chi connectivity index (χ3n) is 2.37. The van der Waals surface area contributed by atoms with E-state index in [4.69, 9.17) is 10.5 Å². The summed E-state index contributed by atoms with van der Waals surface area (Å²) in [5.74, 6) is 1.06. The predicted molar refractivity (Wildman–Crippen MR) is 70.2 cm³/mol. The summed E-state index contributed by atoms with van der Waals surface area (Å²) in [4.78, 5) is 12.7. The van der Waals surface area contributed by atoms with E-state index >= 15 is 0 Å². The van der Waals surface area contributed by atoms with Crippen LogP contribution >= 0.6 is 0 Å². The number of anilines is 1. The van der Waals surface area contributed by atoms with E-state index in [1.807, 2.05) is 32.9 Å². The van der Waals surface area contributed by atoms with E-state index in [0.29, 0.717) is 11.7 Å². The minimum absolute atomic E-state index is 0.113. The first-order chi connectivity index (χ1) is 8.56. The molecule has 0 amide bonds. The Labute approximate surface area is 106 Å². The normalized spacial score (nSPS) is 10.7. The van der Waals surface area contributed by atoms with Gasteiger partial charge in [-0.15, -0.1) is 0 Å². The molecule has 0 unspecified atom stereocenters. The van der Waals surface area contributed by atoms with E-state index in [2.05, 4.69) is 15.0 Å². The fourth-order valence-corrected chi connectivity index (χ4v) is 1.47. The molecule has 0 fully saturated rings. The molecule has 2 heterocycles. The zero-order valence-corrected chi connectivity index (χ0v) is 10.7. The maximum absolute atomic E-state index is 5.64. The summed E-state index contributed by atoms with van der Waals surface area (Å²) in [6.07, 6.45) is 3.47. The maximum atomic E-state index is 5.64. The molecule has 2 rings (SSSR count). The standard InChI is InChI=1S/C13H16N4O/c1-8(2)18-12-5-4-10(6-15-12)11-7-16-13(14)9(3)17-11/h4-8H,1-3H3,(H2,14,16). The minimum atomic E-state index is 0.113. The molecule has 18 heavy (non-hydrogen) atoms. The van der Waals surface area contributed by atoms with Crippen molar-refractivity contribution < 1.29 is 4.74 Å². The van der Waals surface area contributed by atoms with Gasteiger partial charge in [0.25, 0.3) is 0 Å². The number of nitrogens with two attached hydrogens (primary N) is 1. The lowest BCUT2D eigenvalue weighted by atomic mass is 10.2. The second-order valence-corrected chi connectivity index (χ2v) is 4.28. The average Bonchev–Trinajstić information content (AvgIpc) is 2.33. The highest BCUT2D eigenvalue weighted by molar-refractivity contribution is 5.58. The summed E-state index contributed by atoms with van der Waals surface area (Å²) >= 11 is 0. The monoisotopic (exact) mass is 244 g/mol. The molecule has 0 spiro atoms. The van der Waals surface area contributed by atoms with Crippen LogP contribution < -0.4 is 10.5 Å². The first-order valence-corrected chi connectivity index (χ1v) is 5.78. The molecule has 2 aromatic rings. The van der Waals surface area contributed by atoms with Gasteiger partial charge in [-0.25, -0.2) is 15.0 Å². The summed E-state index contributed by atoms with van der Waals surface area (Å²) in [7, 11) is 0. The quantitative estimate of drug-likeness (QED) is 0.896. The van der Waals surface area contributed by atoms with Crippen LogP contribution in [0.25, 0.3) is 11.3 Å². The Morgan fingerprint density at radius 2 is 1.94 bits per heavy atom. The Morgan fingerprint density at radius 1 is 1.17 bits per heavy atom. The van der Waals surface area contributed by atoms with Crippen molar-refractivity contribution in [3.05, 3.63) is 30.2 Å². The van der Waals surface area contributed by atoms with Crippen molar-refractivity contribution in [3.63, 3.8) is 0 Å². The zero-order valence-electron chi connectivity index (χ0n) is 10.7. The Kier molecular flexibility index (Phi) is 3.41. The van der Waals surface area contributed by atoms with Gasteiger partial charge in [0.15, 0.2) is 0 Å². The summed E-state index contributed by atoms with van der Waals surface area (Å²) in [5, 5.41) is 0. The van der Waals surface area contributed by atoms with E-state index in [0.717, 1.165) is 17.0 Å². The molecule has 5 nitrogen and oxygen atoms in total. The minimum Gasteiger partial charge on any atom is -0.475 e. The van der Waals surface area contributed by atoms with Gasteiger partial charge in [-0.05, 0) is 26.8 Å². The summed E-state index contributed by atoms with van der Waals surface area (Å²) < 4.78 is 5.48. The van der Waals surface area contributed by atoms with Crippen LogP contribution in [0.1, 0.15) is 19.5 Å². The Morgan fingerprint density at radius 3 is 2.50 bits per heavy atom. The number of hydrogen-bond acceptors (Lipinski definition) is 5. The predicted octanol–water partition coefficient (Wildman–Crippen LogP) is 2.22. The average molecular weight is 244 g/mol. The molecule has 0 saturated heterocycles. The number of aryl methyl sites for hydroxylation is 1. The highest BCUT2D eigenvalue weighted by Gasteiger charge is 2.05. The van der Waals surface area contributed by atoms with Crippen LogP contribution in [0.5, 0.6) is 5.88 Å². The van der Waals surface area contributed by atoms with Gasteiger partial charge in [0, 0.05) is 17.8 Å². The van der Waals surface area contributed by atoms with Gasteiger partial charge in [-0.2, -0.15) is 0 Å². The van der Waals surface area contributed by atoms with Gasteiger partial charge in [0.2, 0.25) is 5.88 Å². The van der Waals surface area contributed by atoms with Crippen LogP contribution in [0.4, 0.5) is 5.82 Å². The lowest BCUT2D eigenvalue weighted by Gasteiger charge is -2.09. The molecule has 0 saturated carbocycles. The van der Waals surface area contributed by atoms with E-state index < -0.39 is 0 Å². The molecule has 0 bridgehead atoms. The molecule has 5 heteroatoms. The lowest BCUT2D eigenvalue weighted by Crippen LogP contribution is -2.06. The summed E-state index contributed by atoms with van der Waals surface area (Å²) in [5.41, 5.74) is 8.00. The Balaban J connectivity index is 2.25. The van der Waals surface area contributed by atoms with Gasteiger partial charge < -0.3 is 10.5 Å². The highest BCUT2D eigenvalue weighted by atomic mass is 16.5. The van der Waals surface area contributed by atoms with Crippen molar-refractivity contribution in [2.24, 2.45) is 0 Å². The van der Waals surface area contributed by atoms with Crippen LogP contribution in [0, 0.1) is 6.92 Å². The zero-order chi connectivity index (χ0) is 13.1. The number of rotatable bonds is 3. The molecule has 0 atom stereocenters. The van der Waals surface area contributed by atoms with Crippen molar-refractivity contribution in [1.82, 2.24) is 15.0 Å². The fourth-order valence-electron chi connectivity index (χ4n) is 1.47. The SMILES string of the molecule is Cc1nc(-c2ccc(OC(C)C)nc2)cnc1N. The number of pyridine rings is 1. The Bertz CT molecular complexity index is 537. The van der Waals surface area contributed by atoms with E-state index in [9.17, 15) is 0 Å². The van der Waals surface area contributed by atoms with Crippen LogP contribution in [0.2, 0.25) is 0 Å². The van der Waals surface area contributed by atoms with Gasteiger partial charge in [0.1, 0.15) is 5.82 Å². The van der Waals surface area contributed by atoms with Gasteiger partial charge in [0.05, 0.1) is 23.7 Å². The van der Waals surface area contributed by atoms with E-state index in [1.54, 1.807) is 12.4 Å². The molecule has 2 aromatic heterocycles. The maximum Gasteiger partial charge on any atom is 0.213 e. The molecule has 0 aliphatic rings. The van der Waals surface area contributed by atoms with Crippen molar-refractivity contribution in [2.45, 2.75) is 26.9 Å². The number of ether oxygens (including phenoxy) is 1. The third-order valence-corrected chi connectivity index (χ3v) is 2.37. The Hall–Kier alpha value is -2.17. The smallest absolute Gasteiger partial charge is 0.213 e. The molecule has 0 aliphatic heterocycles. The van der Waals surface area contributed by atoms with Crippen LogP contribution in [-0.2, 0) is 0 Å². The molecule has 0 aliphatic carbocycles. The van der Waals surface area contributed by atoms with Crippen LogP contribution in [-0.4, -0.2) is 21.1 Å². The number of hydrogen-bond donors (Lipinski definition) is 1. The molecule has 0 aromatic carbocycles. The van der Waals surface area contributed by atoms with Gasteiger partial charge >= 0.3 is 0 Å². The molecule has 2 N–H and O–H groups in total. The molecular weight excluding hydrogens is 228 g/mol. The van der Waals surface area contributed by atoms with Crippen molar-refractivity contribution in [2.75, 3.05) is 5.73 Å². The van der Waals surface area contributed by atoms with E-state index in [1.165, 1.54) is 0 Å². The van der Waals surface area contributed by atoms with Crippen LogP contribution in [0.15, 0.2) is 24.5 Å².